The van der Waals surface area contributed by atoms with E-state index in [9.17, 15) is 0 Å². The van der Waals surface area contributed by atoms with E-state index in [1.807, 2.05) is 0 Å². The molecule has 0 saturated heterocycles. The fourth-order valence-corrected chi connectivity index (χ4v) is 7.01. The van der Waals surface area contributed by atoms with Crippen molar-refractivity contribution in [3.63, 3.8) is 0 Å². The van der Waals surface area contributed by atoms with E-state index in [1.165, 1.54) is 11.1 Å². The summed E-state index contributed by atoms with van der Waals surface area (Å²) < 4.78 is 6.96. The van der Waals surface area contributed by atoms with Crippen molar-refractivity contribution in [2.75, 3.05) is 9.80 Å². The van der Waals surface area contributed by atoms with Crippen LogP contribution in [0.15, 0.2) is 194 Å². The summed E-state index contributed by atoms with van der Waals surface area (Å²) in [6, 6.07) is 68.3. The van der Waals surface area contributed by atoms with Crippen LogP contribution >= 0.6 is 0 Å². The van der Waals surface area contributed by atoms with E-state index in [0.29, 0.717) is 0 Å². The van der Waals surface area contributed by atoms with Gasteiger partial charge in [-0.25, -0.2) is 0 Å². The molecule has 1 aliphatic rings. The second-order valence-electron chi connectivity index (χ2n) is 12.2. The van der Waals surface area contributed by atoms with E-state index in [2.05, 4.69) is 204 Å². The predicted octanol–water partition coefficient (Wildman–Crippen LogP) is 13.2. The van der Waals surface area contributed by atoms with Crippen LogP contribution in [0.5, 0.6) is 11.5 Å². The molecule has 1 heterocycles. The van der Waals surface area contributed by atoms with Gasteiger partial charge in [-0.15, -0.1) is 0 Å². The predicted molar refractivity (Wildman–Crippen MR) is 204 cm³/mol. The summed E-state index contributed by atoms with van der Waals surface area (Å²) in [5.41, 5.74) is 11.0. The first-order chi connectivity index (χ1) is 24.3. The third-order valence-electron chi connectivity index (χ3n) is 9.23. The lowest BCUT2D eigenvalue weighted by molar-refractivity contribution is 0.488. The summed E-state index contributed by atoms with van der Waals surface area (Å²) in [4.78, 5) is 4.62. The van der Waals surface area contributed by atoms with Crippen molar-refractivity contribution in [3.8, 4) is 33.8 Å². The maximum atomic E-state index is 6.96. The first-order valence-corrected chi connectivity index (χ1v) is 16.6. The van der Waals surface area contributed by atoms with Crippen molar-refractivity contribution in [2.45, 2.75) is 0 Å². The molecular formula is C46H32N2O. The van der Waals surface area contributed by atoms with Gasteiger partial charge in [0.2, 0.25) is 0 Å². The summed E-state index contributed by atoms with van der Waals surface area (Å²) in [7, 11) is 0. The molecule has 0 bridgehead atoms. The molecule has 0 aliphatic carbocycles. The quantitative estimate of drug-likeness (QED) is 0.175. The topological polar surface area (TPSA) is 15.7 Å². The smallest absolute Gasteiger partial charge is 0.159 e. The number of nitrogens with zero attached hydrogens (tertiary/aromatic N) is 2. The molecule has 0 saturated carbocycles. The van der Waals surface area contributed by atoms with Gasteiger partial charge in [0.1, 0.15) is 5.75 Å². The molecule has 0 amide bonds. The highest BCUT2D eigenvalue weighted by Crippen LogP contribution is 2.54. The minimum absolute atomic E-state index is 0.847. The van der Waals surface area contributed by atoms with Crippen molar-refractivity contribution in [2.24, 2.45) is 0 Å². The minimum atomic E-state index is 0.847. The maximum Gasteiger partial charge on any atom is 0.159 e. The molecule has 3 nitrogen and oxygen atoms in total. The Morgan fingerprint density at radius 1 is 0.327 bits per heavy atom. The van der Waals surface area contributed by atoms with Crippen LogP contribution < -0.4 is 14.5 Å². The van der Waals surface area contributed by atoms with Crippen molar-refractivity contribution in [1.29, 1.82) is 0 Å². The van der Waals surface area contributed by atoms with Crippen LogP contribution in [0.3, 0.4) is 0 Å². The zero-order valence-electron chi connectivity index (χ0n) is 26.8. The number of benzene rings is 8. The Kier molecular flexibility index (Phi) is 7.14. The number of hydrogen-bond acceptors (Lipinski definition) is 3. The van der Waals surface area contributed by atoms with Gasteiger partial charge >= 0.3 is 0 Å². The second kappa shape index (κ2) is 12.2. The van der Waals surface area contributed by atoms with Crippen LogP contribution in [0, 0.1) is 0 Å². The highest BCUT2D eigenvalue weighted by molar-refractivity contribution is 6.11. The van der Waals surface area contributed by atoms with Gasteiger partial charge in [0.05, 0.1) is 11.4 Å². The highest BCUT2D eigenvalue weighted by atomic mass is 16.5. The first kappa shape index (κ1) is 28.6. The van der Waals surface area contributed by atoms with Gasteiger partial charge < -0.3 is 14.5 Å². The Hall–Kier alpha value is -6.58. The summed E-state index contributed by atoms with van der Waals surface area (Å²) in [6.45, 7) is 0. The molecule has 0 atom stereocenters. The molecule has 9 rings (SSSR count). The Labute approximate surface area is 286 Å². The molecule has 49 heavy (non-hydrogen) atoms. The van der Waals surface area contributed by atoms with Gasteiger partial charge in [-0.1, -0.05) is 127 Å². The highest BCUT2D eigenvalue weighted by Gasteiger charge is 2.28. The van der Waals surface area contributed by atoms with Crippen LogP contribution in [0.2, 0.25) is 0 Å². The van der Waals surface area contributed by atoms with Crippen LogP contribution in [0.1, 0.15) is 0 Å². The summed E-state index contributed by atoms with van der Waals surface area (Å²) in [6.07, 6.45) is 0. The number of hydrogen-bond donors (Lipinski definition) is 0. The molecule has 8 aromatic carbocycles. The van der Waals surface area contributed by atoms with E-state index in [1.54, 1.807) is 0 Å². The lowest BCUT2D eigenvalue weighted by atomic mass is 9.92. The Morgan fingerprint density at radius 2 is 0.816 bits per heavy atom. The average molecular weight is 629 g/mol. The van der Waals surface area contributed by atoms with Crippen molar-refractivity contribution in [1.82, 2.24) is 0 Å². The zero-order valence-corrected chi connectivity index (χ0v) is 26.8. The van der Waals surface area contributed by atoms with Crippen LogP contribution in [0.25, 0.3) is 33.0 Å². The van der Waals surface area contributed by atoms with Crippen LogP contribution in [0.4, 0.5) is 34.1 Å². The van der Waals surface area contributed by atoms with Gasteiger partial charge in [-0.3, -0.25) is 0 Å². The molecule has 0 fully saturated rings. The number of rotatable bonds is 7. The maximum absolute atomic E-state index is 6.96. The van der Waals surface area contributed by atoms with E-state index in [0.717, 1.165) is 67.5 Å². The van der Waals surface area contributed by atoms with E-state index in [-0.39, 0.29) is 0 Å². The molecule has 0 spiro atoms. The largest absolute Gasteiger partial charge is 0.454 e. The molecule has 1 aliphatic heterocycles. The van der Waals surface area contributed by atoms with Gasteiger partial charge in [0.25, 0.3) is 0 Å². The monoisotopic (exact) mass is 628 g/mol. The minimum Gasteiger partial charge on any atom is -0.454 e. The van der Waals surface area contributed by atoms with Gasteiger partial charge in [0, 0.05) is 39.1 Å². The Bertz CT molecular complexity index is 2350. The molecule has 232 valence electrons. The van der Waals surface area contributed by atoms with E-state index in [4.69, 9.17) is 4.74 Å². The summed E-state index contributed by atoms with van der Waals surface area (Å²) in [5, 5.41) is 2.24. The Balaban J connectivity index is 1.20. The van der Waals surface area contributed by atoms with Crippen LogP contribution in [-0.4, -0.2) is 0 Å². The van der Waals surface area contributed by atoms with E-state index >= 15 is 0 Å². The summed E-state index contributed by atoms with van der Waals surface area (Å²) >= 11 is 0. The first-order valence-electron chi connectivity index (χ1n) is 16.6. The Morgan fingerprint density at radius 3 is 1.43 bits per heavy atom. The number of anilines is 6. The number of ether oxygens (including phenoxy) is 1. The summed E-state index contributed by atoms with van der Waals surface area (Å²) in [5.74, 6) is 1.70. The number of fused-ring (bicyclic) bond motifs is 2. The van der Waals surface area contributed by atoms with Crippen LogP contribution in [-0.2, 0) is 0 Å². The normalized spacial score (nSPS) is 11.4. The lowest BCUT2D eigenvalue weighted by Crippen LogP contribution is -2.13. The van der Waals surface area contributed by atoms with Gasteiger partial charge in [0.15, 0.2) is 5.75 Å². The van der Waals surface area contributed by atoms with Crippen molar-refractivity contribution in [3.05, 3.63) is 194 Å². The fourth-order valence-electron chi connectivity index (χ4n) is 7.01. The zero-order chi connectivity index (χ0) is 32.6. The van der Waals surface area contributed by atoms with Gasteiger partial charge in [-0.05, 0) is 83.4 Å². The molecule has 3 heteroatoms. The SMILES string of the molecule is c1ccc(-c2ccc(N(c3ccccc3)c3ccc4c5c(cccc35)-c3cccc(N(c5ccccc5)c5ccccc5)c3O4)cc2)cc1. The number of para-hydroxylation sites is 4. The standard InChI is InChI=1S/C46H32N2O/c1-5-15-33(16-6-1)34-27-29-38(30-28-34)47(35-17-7-2-8-18-35)42-31-32-44-45-39(23-13-25-41(42)45)40-24-14-26-43(46(40)49-44)48(36-19-9-3-10-20-36)37-21-11-4-12-22-37/h1-32H. The molecule has 0 N–H and O–H groups in total. The third kappa shape index (κ3) is 5.09. The molecule has 0 radical (unpaired) electrons. The molecule has 0 unspecified atom stereocenters. The van der Waals surface area contributed by atoms with Crippen molar-refractivity contribution < 1.29 is 4.74 Å². The second-order valence-corrected chi connectivity index (χ2v) is 12.2. The molecule has 0 aromatic heterocycles. The molecule has 8 aromatic rings. The van der Waals surface area contributed by atoms with Crippen molar-refractivity contribution >= 4 is 44.9 Å². The molecular weight excluding hydrogens is 597 g/mol. The lowest BCUT2D eigenvalue weighted by Gasteiger charge is -2.32. The fraction of sp³-hybridized carbons (Fsp3) is 0. The van der Waals surface area contributed by atoms with E-state index < -0.39 is 0 Å². The third-order valence-corrected chi connectivity index (χ3v) is 9.23. The van der Waals surface area contributed by atoms with Gasteiger partial charge in [-0.2, -0.15) is 0 Å². The average Bonchev–Trinajstić information content (AvgIpc) is 3.18.